The molecule has 2 amide bonds. The summed E-state index contributed by atoms with van der Waals surface area (Å²) in [6.45, 7) is 6.69. The van der Waals surface area contributed by atoms with Crippen molar-refractivity contribution >= 4 is 74.0 Å². The highest BCUT2D eigenvalue weighted by Gasteiger charge is 2.51. The Balaban J connectivity index is 0.777. The van der Waals surface area contributed by atoms with Crippen molar-refractivity contribution in [1.29, 1.82) is 0 Å². The average Bonchev–Trinajstić information content (AvgIpc) is 4.06. The average molecular weight is 870 g/mol. The van der Waals surface area contributed by atoms with Crippen molar-refractivity contribution in [2.24, 2.45) is 25.9 Å². The minimum absolute atomic E-state index is 0.107. The number of halogens is 3. The molecule has 62 heavy (non-hydrogen) atoms. The molecular weight excluding hydrogens is 820 g/mol. The number of hydrogen-bond acceptors (Lipinski definition) is 12. The van der Waals surface area contributed by atoms with Gasteiger partial charge in [0.15, 0.2) is 12.4 Å². The molecule has 0 spiro atoms. The number of piperidine rings is 2. The van der Waals surface area contributed by atoms with E-state index in [4.69, 9.17) is 26.4 Å². The lowest BCUT2D eigenvalue weighted by Crippen LogP contribution is -2.54. The van der Waals surface area contributed by atoms with E-state index in [1.807, 2.05) is 17.8 Å². The van der Waals surface area contributed by atoms with Crippen LogP contribution in [0.2, 0.25) is 5.02 Å². The van der Waals surface area contributed by atoms with Gasteiger partial charge in [0, 0.05) is 88.0 Å². The quantitative estimate of drug-likeness (QED) is 0.162. The lowest BCUT2D eigenvalue weighted by molar-refractivity contribution is -0.134. The number of rotatable bonds is 8. The number of carbonyl (C=O) groups excluding carboxylic acids is 2. The number of fused-ring (bicyclic) bond motifs is 4. The minimum atomic E-state index is -3.13. The van der Waals surface area contributed by atoms with Crippen molar-refractivity contribution < 1.29 is 23.1 Å². The molecule has 4 aliphatic heterocycles. The molecule has 0 radical (unpaired) electrons. The summed E-state index contributed by atoms with van der Waals surface area (Å²) in [5, 5.41) is 15.4. The molecule has 3 atom stereocenters. The molecule has 18 heteroatoms. The molecule has 326 valence electrons. The van der Waals surface area contributed by atoms with Gasteiger partial charge in [0.1, 0.15) is 5.02 Å². The van der Waals surface area contributed by atoms with E-state index >= 15 is 8.78 Å². The summed E-state index contributed by atoms with van der Waals surface area (Å²) in [5.74, 6) is -2.80. The number of aryl methyl sites for hydroxylation is 2. The molecule has 0 bridgehead atoms. The second-order valence-corrected chi connectivity index (χ2v) is 18.1. The lowest BCUT2D eigenvalue weighted by Gasteiger charge is -2.43. The fourth-order valence-electron chi connectivity index (χ4n) is 9.86. The van der Waals surface area contributed by atoms with E-state index in [0.717, 1.165) is 74.4 Å². The van der Waals surface area contributed by atoms with E-state index in [1.54, 1.807) is 25.4 Å². The number of carbonyl (C=O) groups is 2. The fraction of sp³-hybridized carbons (Fsp3) is 0.500. The second kappa shape index (κ2) is 15.7. The Morgan fingerprint density at radius 2 is 1.76 bits per heavy atom. The van der Waals surface area contributed by atoms with Crippen molar-refractivity contribution in [3.63, 3.8) is 0 Å². The smallest absolute Gasteiger partial charge is 0.301 e. The lowest BCUT2D eigenvalue weighted by atomic mass is 9.92. The fourth-order valence-corrected chi connectivity index (χ4v) is 9.99. The molecule has 1 aliphatic carbocycles. The number of pyridine rings is 1. The molecule has 7 heterocycles. The normalized spacial score (nSPS) is 23.5. The zero-order chi connectivity index (χ0) is 43.0. The van der Waals surface area contributed by atoms with Crippen LogP contribution in [0.1, 0.15) is 57.1 Å². The maximum Gasteiger partial charge on any atom is 0.301 e. The Morgan fingerprint density at radius 1 is 0.952 bits per heavy atom. The molecule has 4 fully saturated rings. The van der Waals surface area contributed by atoms with Crippen LogP contribution in [-0.4, -0.2) is 105 Å². The standard InChI is InChI=1S/C44H50ClF2N11O4/c1-24-21-58(17-16-57(24)22-25-12-14-56(15-13-25)28-7-8-29-34(19-28)55(3)53-36(29)30-9-11-35(59)50-41(30)60)43-48-20-32(45)40(52-43)49-27-6-10-33-31(18-27)37-38(42(61)54(33)2)62-23-44(46,47)39(51-37)26-4-5-26/h6-8,10,18-20,24-26,30,39,51H,4-5,9,11-17,21-23H2,1-3H3,(H,48,49,52)(H,50,59,60)/t24-,30?,39+/m1/s1. The highest BCUT2D eigenvalue weighted by Crippen LogP contribution is 2.46. The molecule has 3 saturated heterocycles. The van der Waals surface area contributed by atoms with Crippen LogP contribution in [0.3, 0.4) is 0 Å². The predicted molar refractivity (Wildman–Crippen MR) is 234 cm³/mol. The zero-order valence-corrected chi connectivity index (χ0v) is 35.7. The number of alkyl halides is 2. The number of amides is 2. The van der Waals surface area contributed by atoms with E-state index < -0.39 is 30.0 Å². The summed E-state index contributed by atoms with van der Waals surface area (Å²) in [4.78, 5) is 54.2. The molecule has 1 unspecified atom stereocenters. The molecule has 5 aromatic rings. The molecule has 3 aromatic heterocycles. The van der Waals surface area contributed by atoms with Crippen molar-refractivity contribution in [3.05, 3.63) is 63.7 Å². The number of aromatic nitrogens is 5. The first-order valence-electron chi connectivity index (χ1n) is 21.6. The number of ether oxygens (including phenoxy) is 1. The van der Waals surface area contributed by atoms with Gasteiger partial charge in [0.2, 0.25) is 23.5 Å². The number of imide groups is 1. The third-order valence-corrected chi connectivity index (χ3v) is 13.8. The molecule has 15 nitrogen and oxygen atoms in total. The summed E-state index contributed by atoms with van der Waals surface area (Å²) in [6.07, 6.45) is 5.95. The Morgan fingerprint density at radius 3 is 2.52 bits per heavy atom. The van der Waals surface area contributed by atoms with Crippen LogP contribution < -0.4 is 36.0 Å². The van der Waals surface area contributed by atoms with E-state index in [0.29, 0.717) is 65.0 Å². The van der Waals surface area contributed by atoms with Gasteiger partial charge in [0.05, 0.1) is 40.6 Å². The Hall–Kier alpha value is -5.55. The molecule has 3 N–H and O–H groups in total. The number of benzene rings is 2. The summed E-state index contributed by atoms with van der Waals surface area (Å²) >= 11 is 6.65. The van der Waals surface area contributed by atoms with Crippen LogP contribution in [0.5, 0.6) is 5.75 Å². The van der Waals surface area contributed by atoms with Crippen LogP contribution in [0.25, 0.3) is 21.8 Å². The van der Waals surface area contributed by atoms with E-state index in [9.17, 15) is 14.4 Å². The first kappa shape index (κ1) is 40.5. The summed E-state index contributed by atoms with van der Waals surface area (Å²) in [5.41, 5.74) is 3.85. The number of nitrogens with one attached hydrogen (secondary N) is 3. The van der Waals surface area contributed by atoms with Gasteiger partial charge in [0.25, 0.3) is 5.56 Å². The molecular formula is C44H50ClF2N11O4. The van der Waals surface area contributed by atoms with Crippen LogP contribution in [0.15, 0.2) is 47.4 Å². The van der Waals surface area contributed by atoms with Crippen LogP contribution in [0.4, 0.5) is 37.6 Å². The summed E-state index contributed by atoms with van der Waals surface area (Å²) in [7, 11) is 3.51. The van der Waals surface area contributed by atoms with Crippen LogP contribution in [-0.2, 0) is 23.7 Å². The van der Waals surface area contributed by atoms with Crippen molar-refractivity contribution in [2.45, 2.75) is 69.4 Å². The second-order valence-electron chi connectivity index (χ2n) is 17.7. The number of nitrogens with zero attached hydrogens (tertiary/aromatic N) is 8. The van der Waals surface area contributed by atoms with Gasteiger partial charge >= 0.3 is 5.92 Å². The summed E-state index contributed by atoms with van der Waals surface area (Å²) < 4.78 is 39.1. The van der Waals surface area contributed by atoms with Crippen LogP contribution in [0, 0.1) is 11.8 Å². The number of anilines is 5. The van der Waals surface area contributed by atoms with E-state index in [2.05, 4.69) is 60.8 Å². The maximum atomic E-state index is 15.2. The first-order chi connectivity index (χ1) is 29.8. The van der Waals surface area contributed by atoms with Gasteiger partial charge in [-0.05, 0) is 87.3 Å². The van der Waals surface area contributed by atoms with Gasteiger partial charge in [-0.25, -0.2) is 13.8 Å². The van der Waals surface area contributed by atoms with E-state index in [1.165, 1.54) is 4.57 Å². The van der Waals surface area contributed by atoms with Crippen molar-refractivity contribution in [2.75, 3.05) is 66.3 Å². The topological polar surface area (TPSA) is 155 Å². The third-order valence-electron chi connectivity index (χ3n) is 13.6. The highest BCUT2D eigenvalue weighted by atomic mass is 35.5. The van der Waals surface area contributed by atoms with Gasteiger partial charge < -0.3 is 29.7 Å². The van der Waals surface area contributed by atoms with E-state index in [-0.39, 0.29) is 35.2 Å². The maximum absolute atomic E-state index is 15.2. The van der Waals surface area contributed by atoms with Gasteiger partial charge in [-0.3, -0.25) is 29.3 Å². The first-order valence-corrected chi connectivity index (χ1v) is 22.0. The van der Waals surface area contributed by atoms with Crippen molar-refractivity contribution in [1.82, 2.24) is 34.5 Å². The third kappa shape index (κ3) is 7.46. The SMILES string of the molecule is C[C@@H]1CN(c2ncc(Cl)c(Nc3ccc4c(c3)c3c(c(=O)n4C)OCC(F)(F)[C@H](C4CC4)N3)n2)CCN1CC1CCN(c2ccc3c(C4CCC(=O)NC4=O)nn(C)c3c2)CC1. The number of piperazine rings is 1. The van der Waals surface area contributed by atoms with Gasteiger partial charge in [-0.1, -0.05) is 11.6 Å². The largest absolute Gasteiger partial charge is 0.480 e. The Kier molecular flexibility index (Phi) is 10.2. The molecule has 2 aromatic carbocycles. The zero-order valence-electron chi connectivity index (χ0n) is 35.0. The summed E-state index contributed by atoms with van der Waals surface area (Å²) in [6, 6.07) is 10.9. The Bertz CT molecular complexity index is 2660. The Labute approximate surface area is 361 Å². The van der Waals surface area contributed by atoms with Gasteiger partial charge in [-0.2, -0.15) is 10.1 Å². The van der Waals surface area contributed by atoms with Crippen LogP contribution >= 0.6 is 11.6 Å². The van der Waals surface area contributed by atoms with Gasteiger partial charge in [-0.15, -0.1) is 0 Å². The van der Waals surface area contributed by atoms with Crippen molar-refractivity contribution in [3.8, 4) is 5.75 Å². The number of hydrogen-bond donors (Lipinski definition) is 3. The predicted octanol–water partition coefficient (Wildman–Crippen LogP) is 5.78. The molecule has 10 rings (SSSR count). The minimum Gasteiger partial charge on any atom is -0.480 e. The molecule has 1 saturated carbocycles. The molecule has 5 aliphatic rings. The monoisotopic (exact) mass is 869 g/mol. The highest BCUT2D eigenvalue weighted by molar-refractivity contribution is 6.33.